The summed E-state index contributed by atoms with van der Waals surface area (Å²) in [5.74, 6) is 2.37. The van der Waals surface area contributed by atoms with Gasteiger partial charge in [-0.05, 0) is 0 Å². The van der Waals surface area contributed by atoms with E-state index >= 15 is 0 Å². The third-order valence-electron chi connectivity index (χ3n) is 2.83. The summed E-state index contributed by atoms with van der Waals surface area (Å²) in [7, 11) is 0. The van der Waals surface area contributed by atoms with Crippen LogP contribution in [-0.4, -0.2) is 58.6 Å². The molecule has 7 heteroatoms. The molecular weight excluding hydrogens is 301 g/mol. The van der Waals surface area contributed by atoms with Crippen LogP contribution in [0.15, 0.2) is 6.33 Å². The van der Waals surface area contributed by atoms with Gasteiger partial charge in [-0.25, -0.2) is 0 Å². The van der Waals surface area contributed by atoms with Crippen LogP contribution < -0.4 is 0 Å². The number of imidazole rings is 1. The van der Waals surface area contributed by atoms with Gasteiger partial charge in [-0.3, -0.25) is 0 Å². The van der Waals surface area contributed by atoms with Crippen LogP contribution in [0.4, 0.5) is 0 Å². The number of hydrogen-bond acceptors (Lipinski definition) is 5. The van der Waals surface area contributed by atoms with Crippen LogP contribution in [0.3, 0.4) is 0 Å². The minimum atomic E-state index is -1.00. The molecule has 1 fully saturated rings. The maximum atomic E-state index is 9.97. The van der Waals surface area contributed by atoms with Gasteiger partial charge in [0, 0.05) is 0 Å². The summed E-state index contributed by atoms with van der Waals surface area (Å²) in [6.45, 7) is -0.181. The Balaban J connectivity index is 2.37. The monoisotopic (exact) mass is 313 g/mol. The van der Waals surface area contributed by atoms with Crippen molar-refractivity contribution in [2.45, 2.75) is 22.0 Å². The SMILES string of the molecule is C#Cc1c(C#N)ncn1[C@@H]1[Se][C@H](CO)[C@@H](O)[C@H]1O. The molecule has 0 spiro atoms. The number of aliphatic hydroxyl groups is 3. The molecule has 6 nitrogen and oxygen atoms in total. The molecule has 1 aliphatic heterocycles. The van der Waals surface area contributed by atoms with E-state index in [2.05, 4.69) is 10.9 Å². The molecule has 0 radical (unpaired) electrons. The van der Waals surface area contributed by atoms with Gasteiger partial charge in [-0.15, -0.1) is 0 Å². The molecule has 1 saturated heterocycles. The molecule has 0 unspecified atom stereocenters. The normalized spacial score (nSPS) is 30.9. The summed E-state index contributed by atoms with van der Waals surface area (Å²) in [6.07, 6.45) is 4.76. The van der Waals surface area contributed by atoms with Gasteiger partial charge in [-0.1, -0.05) is 0 Å². The molecule has 18 heavy (non-hydrogen) atoms. The molecule has 0 aliphatic carbocycles. The average Bonchev–Trinajstić information content (AvgIpc) is 2.92. The van der Waals surface area contributed by atoms with Gasteiger partial charge in [0.2, 0.25) is 0 Å². The molecule has 2 rings (SSSR count). The fourth-order valence-electron chi connectivity index (χ4n) is 1.89. The van der Waals surface area contributed by atoms with Crippen LogP contribution in [-0.2, 0) is 0 Å². The molecule has 2 heterocycles. The first kappa shape index (κ1) is 13.1. The molecule has 94 valence electrons. The zero-order valence-electron chi connectivity index (χ0n) is 9.26. The van der Waals surface area contributed by atoms with E-state index in [1.54, 1.807) is 4.57 Å². The van der Waals surface area contributed by atoms with Crippen molar-refractivity contribution in [2.24, 2.45) is 0 Å². The minimum absolute atomic E-state index is 0.127. The molecular formula is C11H11N3O3Se. The fourth-order valence-corrected chi connectivity index (χ4v) is 4.78. The molecule has 0 bridgehead atoms. The van der Waals surface area contributed by atoms with Gasteiger partial charge in [0.05, 0.1) is 0 Å². The topological polar surface area (TPSA) is 102 Å². The Morgan fingerprint density at radius 2 is 2.22 bits per heavy atom. The molecule has 4 atom stereocenters. The second kappa shape index (κ2) is 5.11. The standard InChI is InChI=1S/C11H11N3O3Se/c1-2-7-6(3-12)13-5-14(7)11-10(17)9(16)8(4-15)18-11/h1,5,8-11,15-17H,4H2/t8-,9-,10-,11-/m1/s1. The molecule has 0 aromatic carbocycles. The van der Waals surface area contributed by atoms with Gasteiger partial charge in [0.25, 0.3) is 0 Å². The van der Waals surface area contributed by atoms with Crippen LogP contribution in [0.5, 0.6) is 0 Å². The van der Waals surface area contributed by atoms with Gasteiger partial charge in [0.15, 0.2) is 0 Å². The first-order chi connectivity index (χ1) is 8.63. The van der Waals surface area contributed by atoms with Crippen molar-refractivity contribution in [3.63, 3.8) is 0 Å². The van der Waals surface area contributed by atoms with Crippen LogP contribution >= 0.6 is 0 Å². The summed E-state index contributed by atoms with van der Waals surface area (Å²) in [5, 5.41) is 37.7. The summed E-state index contributed by atoms with van der Waals surface area (Å²) >= 11 is -0.230. The third-order valence-corrected chi connectivity index (χ3v) is 6.11. The van der Waals surface area contributed by atoms with Crippen LogP contribution in [0.25, 0.3) is 0 Å². The van der Waals surface area contributed by atoms with E-state index in [4.69, 9.17) is 16.8 Å². The predicted octanol–water partition coefficient (Wildman–Crippen LogP) is -1.54. The Hall–Kier alpha value is -1.34. The molecule has 1 aromatic heterocycles. The number of rotatable bonds is 2. The Morgan fingerprint density at radius 3 is 2.72 bits per heavy atom. The number of hydrogen-bond donors (Lipinski definition) is 3. The Morgan fingerprint density at radius 1 is 1.50 bits per heavy atom. The van der Waals surface area contributed by atoms with E-state index in [0.717, 1.165) is 0 Å². The van der Waals surface area contributed by atoms with Crippen molar-refractivity contribution < 1.29 is 15.3 Å². The van der Waals surface area contributed by atoms with E-state index in [-0.39, 0.29) is 32.1 Å². The first-order valence-electron chi connectivity index (χ1n) is 5.20. The Kier molecular flexibility index (Phi) is 3.72. The Bertz CT molecular complexity index is 531. The first-order valence-corrected chi connectivity index (χ1v) is 7.17. The Labute approximate surface area is 110 Å². The summed E-state index contributed by atoms with van der Waals surface area (Å²) in [5.41, 5.74) is 0.427. The number of terminal acetylenes is 1. The molecule has 0 saturated carbocycles. The van der Waals surface area contributed by atoms with Gasteiger partial charge in [-0.2, -0.15) is 0 Å². The van der Waals surface area contributed by atoms with Crippen LogP contribution in [0.1, 0.15) is 16.3 Å². The average molecular weight is 312 g/mol. The van der Waals surface area contributed by atoms with Crippen molar-refractivity contribution in [3.05, 3.63) is 17.7 Å². The quantitative estimate of drug-likeness (QED) is 0.453. The molecule has 0 amide bonds. The van der Waals surface area contributed by atoms with Crippen molar-refractivity contribution in [3.8, 4) is 18.4 Å². The van der Waals surface area contributed by atoms with E-state index in [1.807, 2.05) is 6.07 Å². The van der Waals surface area contributed by atoms with Gasteiger partial charge < -0.3 is 0 Å². The molecule has 3 N–H and O–H groups in total. The van der Waals surface area contributed by atoms with Crippen LogP contribution in [0, 0.1) is 23.7 Å². The summed E-state index contributed by atoms with van der Waals surface area (Å²) in [6, 6.07) is 1.88. The molecule has 1 aliphatic rings. The number of nitriles is 1. The third kappa shape index (κ3) is 1.93. The summed E-state index contributed by atoms with van der Waals surface area (Å²) in [4.78, 5) is 3.13. The second-order valence-corrected chi connectivity index (χ2v) is 6.69. The number of aromatic nitrogens is 2. The maximum absolute atomic E-state index is 9.97. The number of nitrogens with zero attached hydrogens (tertiary/aromatic N) is 3. The van der Waals surface area contributed by atoms with Crippen molar-refractivity contribution in [1.29, 1.82) is 5.26 Å². The molecule has 1 aromatic rings. The predicted molar refractivity (Wildman–Crippen MR) is 62.5 cm³/mol. The van der Waals surface area contributed by atoms with Crippen molar-refractivity contribution >= 4 is 15.0 Å². The second-order valence-electron chi connectivity index (χ2n) is 3.83. The van der Waals surface area contributed by atoms with Crippen molar-refractivity contribution in [1.82, 2.24) is 9.55 Å². The van der Waals surface area contributed by atoms with E-state index in [1.165, 1.54) is 6.33 Å². The van der Waals surface area contributed by atoms with E-state index < -0.39 is 17.1 Å². The van der Waals surface area contributed by atoms with Gasteiger partial charge >= 0.3 is 110 Å². The summed E-state index contributed by atoms with van der Waals surface area (Å²) < 4.78 is 1.54. The fraction of sp³-hybridized carbons (Fsp3) is 0.455. The number of aliphatic hydroxyl groups excluding tert-OH is 3. The zero-order valence-corrected chi connectivity index (χ0v) is 11.0. The zero-order chi connectivity index (χ0) is 13.3. The van der Waals surface area contributed by atoms with E-state index in [0.29, 0.717) is 5.69 Å². The van der Waals surface area contributed by atoms with E-state index in [9.17, 15) is 10.2 Å². The van der Waals surface area contributed by atoms with Crippen molar-refractivity contribution in [2.75, 3.05) is 6.61 Å². The van der Waals surface area contributed by atoms with Crippen LogP contribution in [0.2, 0.25) is 4.82 Å². The van der Waals surface area contributed by atoms with Gasteiger partial charge in [0.1, 0.15) is 0 Å².